The number of hydrogen-bond donors (Lipinski definition) is 1. The lowest BCUT2D eigenvalue weighted by Gasteiger charge is -2.42. The quantitative estimate of drug-likeness (QED) is 0.792. The van der Waals surface area contributed by atoms with Crippen LogP contribution in [-0.2, 0) is 18.3 Å². The van der Waals surface area contributed by atoms with Crippen molar-refractivity contribution in [1.29, 1.82) is 0 Å². The first kappa shape index (κ1) is 12.5. The lowest BCUT2D eigenvalue weighted by atomic mass is 10.1. The maximum Gasteiger partial charge on any atom is 0.146 e. The van der Waals surface area contributed by atoms with Crippen molar-refractivity contribution in [2.75, 3.05) is 19.7 Å². The van der Waals surface area contributed by atoms with Gasteiger partial charge in [0.15, 0.2) is 0 Å². The molecule has 2 heterocycles. The summed E-state index contributed by atoms with van der Waals surface area (Å²) in [5.74, 6) is 0.930. The number of aromatic nitrogens is 3. The van der Waals surface area contributed by atoms with Gasteiger partial charge < -0.3 is 14.4 Å². The van der Waals surface area contributed by atoms with Crippen molar-refractivity contribution in [1.82, 2.24) is 19.7 Å². The molecule has 1 fully saturated rings. The second-order valence-corrected chi connectivity index (χ2v) is 5.21. The van der Waals surface area contributed by atoms with Crippen molar-refractivity contribution in [3.8, 4) is 0 Å². The largest absolute Gasteiger partial charge is 0.394 e. The Morgan fingerprint density at radius 2 is 2.35 bits per heavy atom. The van der Waals surface area contributed by atoms with Crippen molar-refractivity contribution in [2.24, 2.45) is 7.05 Å². The predicted molar refractivity (Wildman–Crippen MR) is 62.3 cm³/mol. The molecule has 96 valence electrons. The molecule has 6 heteroatoms. The molecule has 1 N–H and O–H groups in total. The van der Waals surface area contributed by atoms with Gasteiger partial charge in [-0.2, -0.15) is 0 Å². The predicted octanol–water partition coefficient (Wildman–Crippen LogP) is -0.213. The molecule has 1 aliphatic rings. The SMILES string of the molecule is Cn1cnnc1CN1CC(CO)OC(C)(C)C1. The molecular formula is C11H20N4O2. The minimum absolute atomic E-state index is 0.0543. The number of nitrogens with zero attached hydrogens (tertiary/aromatic N) is 4. The third-order valence-corrected chi connectivity index (χ3v) is 2.93. The van der Waals surface area contributed by atoms with Gasteiger partial charge in [0.25, 0.3) is 0 Å². The van der Waals surface area contributed by atoms with Gasteiger partial charge in [0.2, 0.25) is 0 Å². The number of morpholine rings is 1. The standard InChI is InChI=1S/C11H20N4O2/c1-11(2)7-15(4-9(6-16)17-11)5-10-13-12-8-14(10)3/h8-9,16H,4-7H2,1-3H3. The fourth-order valence-corrected chi connectivity index (χ4v) is 2.28. The second-order valence-electron chi connectivity index (χ2n) is 5.21. The van der Waals surface area contributed by atoms with E-state index in [0.717, 1.165) is 25.5 Å². The molecule has 6 nitrogen and oxygen atoms in total. The molecule has 0 radical (unpaired) electrons. The van der Waals surface area contributed by atoms with Crippen molar-refractivity contribution in [3.05, 3.63) is 12.2 Å². The number of aliphatic hydroxyl groups is 1. The van der Waals surface area contributed by atoms with Crippen molar-refractivity contribution < 1.29 is 9.84 Å². The average molecular weight is 240 g/mol. The molecular weight excluding hydrogens is 220 g/mol. The smallest absolute Gasteiger partial charge is 0.146 e. The van der Waals surface area contributed by atoms with Crippen LogP contribution in [0.2, 0.25) is 0 Å². The highest BCUT2D eigenvalue weighted by molar-refractivity contribution is 4.89. The van der Waals surface area contributed by atoms with Crippen molar-refractivity contribution in [3.63, 3.8) is 0 Å². The molecule has 0 saturated carbocycles. The van der Waals surface area contributed by atoms with E-state index in [1.807, 2.05) is 25.5 Å². The van der Waals surface area contributed by atoms with Gasteiger partial charge >= 0.3 is 0 Å². The molecule has 1 unspecified atom stereocenters. The summed E-state index contributed by atoms with van der Waals surface area (Å²) in [6, 6.07) is 0. The molecule has 0 aromatic carbocycles. The summed E-state index contributed by atoms with van der Waals surface area (Å²) in [6.07, 6.45) is 1.58. The zero-order chi connectivity index (χ0) is 12.5. The first-order valence-corrected chi connectivity index (χ1v) is 5.84. The van der Waals surface area contributed by atoms with Gasteiger partial charge in [-0.3, -0.25) is 4.90 Å². The van der Waals surface area contributed by atoms with Crippen LogP contribution in [0, 0.1) is 0 Å². The monoisotopic (exact) mass is 240 g/mol. The minimum atomic E-state index is -0.232. The topological polar surface area (TPSA) is 63.4 Å². The first-order chi connectivity index (χ1) is 8.00. The van der Waals surface area contributed by atoms with Gasteiger partial charge in [0.1, 0.15) is 12.2 Å². The number of aryl methyl sites for hydroxylation is 1. The van der Waals surface area contributed by atoms with E-state index in [-0.39, 0.29) is 18.3 Å². The molecule has 1 atom stereocenters. The van der Waals surface area contributed by atoms with Crippen LogP contribution in [-0.4, -0.2) is 56.2 Å². The van der Waals surface area contributed by atoms with Crippen LogP contribution in [0.5, 0.6) is 0 Å². The van der Waals surface area contributed by atoms with Crippen LogP contribution in [0.4, 0.5) is 0 Å². The van der Waals surface area contributed by atoms with Crippen LogP contribution >= 0.6 is 0 Å². The maximum atomic E-state index is 9.24. The highest BCUT2D eigenvalue weighted by atomic mass is 16.5. The van der Waals surface area contributed by atoms with Crippen LogP contribution in [0.25, 0.3) is 0 Å². The summed E-state index contributed by atoms with van der Waals surface area (Å²) in [6.45, 7) is 6.43. The zero-order valence-electron chi connectivity index (χ0n) is 10.6. The number of hydrogen-bond acceptors (Lipinski definition) is 5. The Hall–Kier alpha value is -0.980. The van der Waals surface area contributed by atoms with Crippen LogP contribution < -0.4 is 0 Å². The Morgan fingerprint density at radius 1 is 1.59 bits per heavy atom. The lowest BCUT2D eigenvalue weighted by Crippen LogP contribution is -2.53. The highest BCUT2D eigenvalue weighted by Gasteiger charge is 2.33. The molecule has 0 aliphatic carbocycles. The summed E-state index contributed by atoms with van der Waals surface area (Å²) in [5, 5.41) is 17.2. The van der Waals surface area contributed by atoms with Crippen LogP contribution in [0.3, 0.4) is 0 Å². The highest BCUT2D eigenvalue weighted by Crippen LogP contribution is 2.21. The van der Waals surface area contributed by atoms with Gasteiger partial charge in [0, 0.05) is 20.1 Å². The summed E-state index contributed by atoms with van der Waals surface area (Å²) in [7, 11) is 1.93. The van der Waals surface area contributed by atoms with Crippen molar-refractivity contribution >= 4 is 0 Å². The molecule has 1 aromatic rings. The summed E-state index contributed by atoms with van der Waals surface area (Å²) in [4.78, 5) is 2.24. The summed E-state index contributed by atoms with van der Waals surface area (Å²) < 4.78 is 7.68. The first-order valence-electron chi connectivity index (χ1n) is 5.84. The van der Waals surface area contributed by atoms with Gasteiger partial charge in [0.05, 0.1) is 24.9 Å². The third-order valence-electron chi connectivity index (χ3n) is 2.93. The maximum absolute atomic E-state index is 9.24. The van der Waals surface area contributed by atoms with Gasteiger partial charge in [-0.15, -0.1) is 10.2 Å². The lowest BCUT2D eigenvalue weighted by molar-refractivity contribution is -0.151. The van der Waals surface area contributed by atoms with E-state index in [1.54, 1.807) is 6.33 Å². The van der Waals surface area contributed by atoms with Gasteiger partial charge in [-0.05, 0) is 13.8 Å². The normalized spacial score (nSPS) is 25.1. The molecule has 1 aromatic heterocycles. The van der Waals surface area contributed by atoms with Gasteiger partial charge in [-0.1, -0.05) is 0 Å². The van der Waals surface area contributed by atoms with E-state index in [4.69, 9.17) is 4.74 Å². The molecule has 1 aliphatic heterocycles. The van der Waals surface area contributed by atoms with E-state index >= 15 is 0 Å². The van der Waals surface area contributed by atoms with E-state index in [2.05, 4.69) is 15.1 Å². The average Bonchev–Trinajstić information content (AvgIpc) is 2.62. The van der Waals surface area contributed by atoms with E-state index in [9.17, 15) is 5.11 Å². The van der Waals surface area contributed by atoms with Crippen LogP contribution in [0.15, 0.2) is 6.33 Å². The zero-order valence-corrected chi connectivity index (χ0v) is 10.6. The van der Waals surface area contributed by atoms with E-state index in [0.29, 0.717) is 0 Å². The fourth-order valence-electron chi connectivity index (χ4n) is 2.28. The Labute approximate surface area is 101 Å². The summed E-state index contributed by atoms with van der Waals surface area (Å²) >= 11 is 0. The van der Waals surface area contributed by atoms with E-state index in [1.165, 1.54) is 0 Å². The Morgan fingerprint density at radius 3 is 2.94 bits per heavy atom. The Balaban J connectivity index is 2.03. The number of rotatable bonds is 3. The van der Waals surface area contributed by atoms with Gasteiger partial charge in [-0.25, -0.2) is 0 Å². The van der Waals surface area contributed by atoms with E-state index < -0.39 is 0 Å². The number of ether oxygens (including phenoxy) is 1. The third kappa shape index (κ3) is 3.02. The fraction of sp³-hybridized carbons (Fsp3) is 0.818. The Kier molecular flexibility index (Phi) is 3.46. The molecule has 0 bridgehead atoms. The Bertz CT molecular complexity index is 377. The molecule has 0 spiro atoms. The molecule has 0 amide bonds. The number of aliphatic hydroxyl groups excluding tert-OH is 1. The van der Waals surface area contributed by atoms with Crippen molar-refractivity contribution in [2.45, 2.75) is 32.1 Å². The summed E-state index contributed by atoms with van der Waals surface area (Å²) in [5.41, 5.74) is -0.232. The minimum Gasteiger partial charge on any atom is -0.394 e. The van der Waals surface area contributed by atoms with Crippen LogP contribution in [0.1, 0.15) is 19.7 Å². The molecule has 17 heavy (non-hydrogen) atoms. The molecule has 2 rings (SSSR count). The second kappa shape index (κ2) is 4.72. The molecule has 1 saturated heterocycles.